The van der Waals surface area contributed by atoms with Gasteiger partial charge in [0.05, 0.1) is 31.5 Å². The highest BCUT2D eigenvalue weighted by molar-refractivity contribution is 6.31. The average Bonchev–Trinajstić information content (AvgIpc) is 3.27. The highest BCUT2D eigenvalue weighted by atomic mass is 35.5. The molecule has 0 aromatic heterocycles. The van der Waals surface area contributed by atoms with E-state index in [9.17, 15) is 14.4 Å². The number of anilines is 1. The molecule has 0 fully saturated rings. The number of ether oxygens (including phenoxy) is 2. The standard InChI is InChI=1S/C22H22ClN3O5/c1-30-19-8-7-16(23)13-18(19)24-20(27)14-31-22(29)10-9-21(28)26-12-11-17(25-26)15-5-3-2-4-6-15/h2-8,13H,9-12,14H2,1H3,(H,24,27). The second-order valence-electron chi connectivity index (χ2n) is 6.73. The van der Waals surface area contributed by atoms with Gasteiger partial charge >= 0.3 is 5.97 Å². The van der Waals surface area contributed by atoms with Gasteiger partial charge in [-0.25, -0.2) is 5.01 Å². The Balaban J connectivity index is 1.42. The number of halogens is 1. The number of hydrogen-bond acceptors (Lipinski definition) is 6. The van der Waals surface area contributed by atoms with Crippen LogP contribution in [0.15, 0.2) is 53.6 Å². The normalized spacial score (nSPS) is 12.8. The molecule has 1 heterocycles. The van der Waals surface area contributed by atoms with Crippen molar-refractivity contribution in [2.45, 2.75) is 19.3 Å². The van der Waals surface area contributed by atoms with E-state index in [1.807, 2.05) is 30.3 Å². The van der Waals surface area contributed by atoms with Gasteiger partial charge in [-0.15, -0.1) is 0 Å². The van der Waals surface area contributed by atoms with Crippen molar-refractivity contribution in [1.82, 2.24) is 5.01 Å². The van der Waals surface area contributed by atoms with E-state index in [4.69, 9.17) is 21.1 Å². The molecule has 0 spiro atoms. The van der Waals surface area contributed by atoms with Crippen LogP contribution in [0.1, 0.15) is 24.8 Å². The SMILES string of the molecule is COc1ccc(Cl)cc1NC(=O)COC(=O)CCC(=O)N1CCC(c2ccccc2)=N1. The number of nitrogens with one attached hydrogen (secondary N) is 1. The van der Waals surface area contributed by atoms with Gasteiger partial charge in [-0.2, -0.15) is 5.10 Å². The van der Waals surface area contributed by atoms with E-state index in [1.54, 1.807) is 12.1 Å². The zero-order chi connectivity index (χ0) is 22.2. The van der Waals surface area contributed by atoms with E-state index in [0.29, 0.717) is 29.4 Å². The van der Waals surface area contributed by atoms with Crippen LogP contribution in [0.3, 0.4) is 0 Å². The van der Waals surface area contributed by atoms with Crippen LogP contribution in [0.4, 0.5) is 5.69 Å². The van der Waals surface area contributed by atoms with Crippen LogP contribution in [0, 0.1) is 0 Å². The van der Waals surface area contributed by atoms with E-state index in [0.717, 1.165) is 11.3 Å². The van der Waals surface area contributed by atoms with Crippen LogP contribution < -0.4 is 10.1 Å². The summed E-state index contributed by atoms with van der Waals surface area (Å²) in [5, 5.41) is 8.70. The number of methoxy groups -OCH3 is 1. The maximum absolute atomic E-state index is 12.3. The molecule has 3 rings (SSSR count). The van der Waals surface area contributed by atoms with Crippen molar-refractivity contribution in [3.8, 4) is 5.75 Å². The minimum atomic E-state index is -0.645. The largest absolute Gasteiger partial charge is 0.495 e. The van der Waals surface area contributed by atoms with E-state index in [1.165, 1.54) is 18.2 Å². The van der Waals surface area contributed by atoms with Gasteiger partial charge in [-0.3, -0.25) is 14.4 Å². The van der Waals surface area contributed by atoms with E-state index in [2.05, 4.69) is 10.4 Å². The summed E-state index contributed by atoms with van der Waals surface area (Å²) in [6.45, 7) is -0.00923. The first-order valence-corrected chi connectivity index (χ1v) is 10.1. The van der Waals surface area contributed by atoms with Gasteiger partial charge in [0.15, 0.2) is 6.61 Å². The Hall–Kier alpha value is -3.39. The summed E-state index contributed by atoms with van der Waals surface area (Å²) in [4.78, 5) is 36.3. The summed E-state index contributed by atoms with van der Waals surface area (Å²) in [5.41, 5.74) is 2.18. The average molecular weight is 444 g/mol. The van der Waals surface area contributed by atoms with Gasteiger partial charge in [0, 0.05) is 17.9 Å². The lowest BCUT2D eigenvalue weighted by atomic mass is 10.1. The number of hydrazone groups is 1. The first-order chi connectivity index (χ1) is 15.0. The molecule has 9 heteroatoms. The lowest BCUT2D eigenvalue weighted by molar-refractivity contribution is -0.148. The molecule has 162 valence electrons. The summed E-state index contributed by atoms with van der Waals surface area (Å²) in [6, 6.07) is 14.4. The fraction of sp³-hybridized carbons (Fsp3) is 0.273. The summed E-state index contributed by atoms with van der Waals surface area (Å²) < 4.78 is 10.1. The predicted molar refractivity (Wildman–Crippen MR) is 116 cm³/mol. The molecule has 2 amide bonds. The summed E-state index contributed by atoms with van der Waals surface area (Å²) in [7, 11) is 1.46. The molecular formula is C22H22ClN3O5. The van der Waals surface area contributed by atoms with Gasteiger partial charge < -0.3 is 14.8 Å². The number of hydrogen-bond donors (Lipinski definition) is 1. The predicted octanol–water partition coefficient (Wildman–Crippen LogP) is 3.25. The Morgan fingerprint density at radius 3 is 2.65 bits per heavy atom. The lowest BCUT2D eigenvalue weighted by Crippen LogP contribution is -2.25. The van der Waals surface area contributed by atoms with Crippen molar-refractivity contribution in [2.75, 3.05) is 25.6 Å². The van der Waals surface area contributed by atoms with Crippen LogP contribution >= 0.6 is 11.6 Å². The van der Waals surface area contributed by atoms with Crippen LogP contribution in [0.5, 0.6) is 5.75 Å². The fourth-order valence-corrected chi connectivity index (χ4v) is 3.16. The summed E-state index contributed by atoms with van der Waals surface area (Å²) in [5.74, 6) is -1.03. The van der Waals surface area contributed by atoms with Gasteiger partial charge in [0.2, 0.25) is 5.91 Å². The molecule has 8 nitrogen and oxygen atoms in total. The van der Waals surface area contributed by atoms with Crippen LogP contribution in [0.25, 0.3) is 0 Å². The molecular weight excluding hydrogens is 422 g/mol. The number of carbonyl (C=O) groups is 3. The van der Waals surface area contributed by atoms with Crippen LogP contribution in [0.2, 0.25) is 5.02 Å². The molecule has 2 aromatic rings. The summed E-state index contributed by atoms with van der Waals surface area (Å²) >= 11 is 5.92. The molecule has 0 bridgehead atoms. The summed E-state index contributed by atoms with van der Waals surface area (Å²) in [6.07, 6.45) is 0.473. The molecule has 1 aliphatic heterocycles. The van der Waals surface area contributed by atoms with Crippen molar-refractivity contribution in [3.05, 3.63) is 59.1 Å². The van der Waals surface area contributed by atoms with Crippen LogP contribution in [-0.2, 0) is 19.1 Å². The highest BCUT2D eigenvalue weighted by Crippen LogP contribution is 2.27. The smallest absolute Gasteiger partial charge is 0.306 e. The van der Waals surface area contributed by atoms with Gasteiger partial charge in [-0.1, -0.05) is 41.9 Å². The van der Waals surface area contributed by atoms with Gasteiger partial charge in [0.1, 0.15) is 5.75 Å². The highest BCUT2D eigenvalue weighted by Gasteiger charge is 2.22. The number of esters is 1. The lowest BCUT2D eigenvalue weighted by Gasteiger charge is -2.12. The van der Waals surface area contributed by atoms with Crippen LogP contribution in [-0.4, -0.2) is 48.8 Å². The third kappa shape index (κ3) is 6.29. The molecule has 0 saturated carbocycles. The van der Waals surface area contributed by atoms with Gasteiger partial charge in [0.25, 0.3) is 5.91 Å². The third-order valence-electron chi connectivity index (χ3n) is 4.54. The van der Waals surface area contributed by atoms with Crippen molar-refractivity contribution in [2.24, 2.45) is 5.10 Å². The second kappa shape index (κ2) is 10.6. The molecule has 0 atom stereocenters. The maximum atomic E-state index is 12.3. The molecule has 0 radical (unpaired) electrons. The number of amides is 2. The Kier molecular flexibility index (Phi) is 7.61. The zero-order valence-corrected chi connectivity index (χ0v) is 17.7. The Bertz CT molecular complexity index is 994. The monoisotopic (exact) mass is 443 g/mol. The quantitative estimate of drug-likeness (QED) is 0.631. The maximum Gasteiger partial charge on any atom is 0.306 e. The minimum absolute atomic E-state index is 0.0475. The van der Waals surface area contributed by atoms with Crippen molar-refractivity contribution >= 4 is 40.8 Å². The van der Waals surface area contributed by atoms with E-state index in [-0.39, 0.29) is 18.7 Å². The molecule has 31 heavy (non-hydrogen) atoms. The van der Waals surface area contributed by atoms with Crippen molar-refractivity contribution < 1.29 is 23.9 Å². The van der Waals surface area contributed by atoms with Gasteiger partial charge in [-0.05, 0) is 23.8 Å². The fourth-order valence-electron chi connectivity index (χ4n) is 2.99. The molecule has 1 aliphatic rings. The minimum Gasteiger partial charge on any atom is -0.495 e. The Morgan fingerprint density at radius 1 is 1.13 bits per heavy atom. The molecule has 2 aromatic carbocycles. The van der Waals surface area contributed by atoms with E-state index < -0.39 is 18.5 Å². The third-order valence-corrected chi connectivity index (χ3v) is 4.77. The first-order valence-electron chi connectivity index (χ1n) is 9.68. The van der Waals surface area contributed by atoms with Crippen molar-refractivity contribution in [1.29, 1.82) is 0 Å². The zero-order valence-electron chi connectivity index (χ0n) is 17.0. The molecule has 0 aliphatic carbocycles. The first kappa shape index (κ1) is 22.3. The van der Waals surface area contributed by atoms with Crippen molar-refractivity contribution in [3.63, 3.8) is 0 Å². The number of benzene rings is 2. The number of rotatable bonds is 8. The topological polar surface area (TPSA) is 97.3 Å². The molecule has 0 unspecified atom stereocenters. The van der Waals surface area contributed by atoms with E-state index >= 15 is 0 Å². The number of carbonyl (C=O) groups excluding carboxylic acids is 3. The number of nitrogens with zero attached hydrogens (tertiary/aromatic N) is 2. The Labute approximate surface area is 184 Å². The molecule has 1 N–H and O–H groups in total. The second-order valence-corrected chi connectivity index (χ2v) is 7.17. The molecule has 0 saturated heterocycles. The Morgan fingerprint density at radius 2 is 1.90 bits per heavy atom.